The molecule has 2 fully saturated rings. The van der Waals surface area contributed by atoms with E-state index in [-0.39, 0.29) is 0 Å². The van der Waals surface area contributed by atoms with Crippen molar-refractivity contribution in [2.75, 3.05) is 68.4 Å². The average molecular weight is 554 g/mol. The molecule has 0 radical (unpaired) electrons. The summed E-state index contributed by atoms with van der Waals surface area (Å²) < 4.78 is 2.05. The highest BCUT2D eigenvalue weighted by Gasteiger charge is 2.17. The van der Waals surface area contributed by atoms with Gasteiger partial charge in [0.25, 0.3) is 0 Å². The Labute approximate surface area is 243 Å². The molecule has 0 saturated carbocycles. The van der Waals surface area contributed by atoms with E-state index in [9.17, 15) is 0 Å². The molecule has 2 aromatic heterocycles. The molecule has 0 amide bonds. The number of anilines is 5. The number of likely N-dealkylation sites (N-methyl/N-ethyl adjacent to an activating group) is 1. The van der Waals surface area contributed by atoms with Crippen molar-refractivity contribution in [3.63, 3.8) is 0 Å². The molecule has 0 spiro atoms. The Balaban J connectivity index is 1.22. The van der Waals surface area contributed by atoms with E-state index in [1.54, 1.807) is 0 Å². The fraction of sp³-hybridized carbons (Fsp3) is 0.469. The zero-order chi connectivity index (χ0) is 28.2. The predicted molar refractivity (Wildman–Crippen MR) is 169 cm³/mol. The maximum atomic E-state index is 5.01. The van der Waals surface area contributed by atoms with Crippen LogP contribution in [-0.4, -0.2) is 82.4 Å². The van der Waals surface area contributed by atoms with E-state index in [1.807, 2.05) is 6.20 Å². The number of aromatic nitrogens is 4. The molecule has 0 bridgehead atoms. The molecule has 9 nitrogen and oxygen atoms in total. The second-order valence-electron chi connectivity index (χ2n) is 11.6. The molecule has 216 valence electrons. The summed E-state index contributed by atoms with van der Waals surface area (Å²) in [4.78, 5) is 17.1. The van der Waals surface area contributed by atoms with Gasteiger partial charge in [0.05, 0.1) is 5.39 Å². The summed E-state index contributed by atoms with van der Waals surface area (Å²) in [5.74, 6) is 1.39. The van der Waals surface area contributed by atoms with Gasteiger partial charge in [-0.3, -0.25) is 0 Å². The molecule has 2 aliphatic rings. The van der Waals surface area contributed by atoms with Crippen LogP contribution in [-0.2, 0) is 6.54 Å². The lowest BCUT2D eigenvalue weighted by molar-refractivity contribution is 0.222. The number of hydrogen-bond acceptors (Lipinski definition) is 8. The van der Waals surface area contributed by atoms with Crippen LogP contribution in [0.25, 0.3) is 11.0 Å². The van der Waals surface area contributed by atoms with E-state index in [0.29, 0.717) is 5.95 Å². The number of likely N-dealkylation sites (tertiary alicyclic amines) is 1. The van der Waals surface area contributed by atoms with Crippen LogP contribution in [0.4, 0.5) is 28.8 Å². The molecule has 0 aliphatic carbocycles. The first-order chi connectivity index (χ1) is 20.0. The zero-order valence-corrected chi connectivity index (χ0v) is 24.7. The molecule has 4 heterocycles. The topological polar surface area (TPSA) is 77.4 Å². The van der Waals surface area contributed by atoms with Crippen LogP contribution in [0.5, 0.6) is 0 Å². The maximum Gasteiger partial charge on any atom is 0.229 e. The number of hydrogen-bond donors (Lipinski definition) is 2. The van der Waals surface area contributed by atoms with Gasteiger partial charge in [-0.1, -0.05) is 24.6 Å². The Morgan fingerprint density at radius 1 is 0.805 bits per heavy atom. The monoisotopic (exact) mass is 553 g/mol. The van der Waals surface area contributed by atoms with Gasteiger partial charge in [-0.15, -0.1) is 0 Å². The lowest BCUT2D eigenvalue weighted by atomic mass is 10.1. The molecule has 2 N–H and O–H groups in total. The van der Waals surface area contributed by atoms with Crippen LogP contribution in [0.15, 0.2) is 48.7 Å². The van der Waals surface area contributed by atoms with Crippen LogP contribution in [0, 0.1) is 13.8 Å². The van der Waals surface area contributed by atoms with Gasteiger partial charge in [-0.2, -0.15) is 10.1 Å². The molecule has 2 aromatic carbocycles. The van der Waals surface area contributed by atoms with E-state index in [2.05, 4.69) is 93.4 Å². The third-order valence-electron chi connectivity index (χ3n) is 8.50. The molecule has 41 heavy (non-hydrogen) atoms. The second-order valence-corrected chi connectivity index (χ2v) is 11.6. The van der Waals surface area contributed by atoms with Crippen LogP contribution < -0.4 is 15.5 Å². The van der Waals surface area contributed by atoms with Gasteiger partial charge < -0.3 is 25.3 Å². The summed E-state index contributed by atoms with van der Waals surface area (Å²) in [5, 5.41) is 13.0. The van der Waals surface area contributed by atoms with Crippen LogP contribution in [0.3, 0.4) is 0 Å². The third kappa shape index (κ3) is 6.47. The normalized spacial score (nSPS) is 16.8. The Morgan fingerprint density at radius 3 is 2.27 bits per heavy atom. The Bertz CT molecular complexity index is 1430. The van der Waals surface area contributed by atoms with Gasteiger partial charge in [0.15, 0.2) is 11.5 Å². The summed E-state index contributed by atoms with van der Waals surface area (Å²) in [7, 11) is 2.19. The number of nitrogens with zero attached hydrogens (tertiary/aromatic N) is 7. The highest BCUT2D eigenvalue weighted by Crippen LogP contribution is 2.30. The minimum Gasteiger partial charge on any atom is -0.369 e. The number of piperidine rings is 1. The molecular weight excluding hydrogens is 510 g/mol. The highest BCUT2D eigenvalue weighted by atomic mass is 15.3. The number of nitrogens with one attached hydrogen (secondary N) is 2. The zero-order valence-electron chi connectivity index (χ0n) is 24.7. The number of benzene rings is 2. The quantitative estimate of drug-likeness (QED) is 0.279. The van der Waals surface area contributed by atoms with Crippen molar-refractivity contribution in [1.29, 1.82) is 0 Å². The molecule has 4 aromatic rings. The first kappa shape index (κ1) is 27.5. The van der Waals surface area contributed by atoms with E-state index in [0.717, 1.165) is 73.9 Å². The largest absolute Gasteiger partial charge is 0.369 e. The molecule has 9 heteroatoms. The number of piperazine rings is 1. The Kier molecular flexibility index (Phi) is 8.34. The Morgan fingerprint density at radius 2 is 1.54 bits per heavy atom. The molecule has 6 rings (SSSR count). The summed E-state index contributed by atoms with van der Waals surface area (Å²) in [6.45, 7) is 12.9. The van der Waals surface area contributed by atoms with E-state index >= 15 is 0 Å². The highest BCUT2D eigenvalue weighted by molar-refractivity contribution is 5.90. The number of aryl methyl sites for hydroxylation is 3. The molecule has 0 unspecified atom stereocenters. The minimum absolute atomic E-state index is 0.584. The smallest absolute Gasteiger partial charge is 0.229 e. The van der Waals surface area contributed by atoms with Crippen molar-refractivity contribution in [1.82, 2.24) is 29.5 Å². The fourth-order valence-electron chi connectivity index (χ4n) is 5.97. The molecule has 2 saturated heterocycles. The summed E-state index contributed by atoms with van der Waals surface area (Å²) in [5.41, 5.74) is 6.56. The first-order valence-corrected chi connectivity index (χ1v) is 15.1. The van der Waals surface area contributed by atoms with Gasteiger partial charge in [-0.05, 0) is 95.2 Å². The van der Waals surface area contributed by atoms with Crippen molar-refractivity contribution in [2.45, 2.75) is 46.1 Å². The molecule has 2 aliphatic heterocycles. The average Bonchev–Trinajstić information content (AvgIpc) is 3.33. The first-order valence-electron chi connectivity index (χ1n) is 15.1. The van der Waals surface area contributed by atoms with Crippen LogP contribution >= 0.6 is 0 Å². The lowest BCUT2D eigenvalue weighted by Gasteiger charge is -2.34. The predicted octanol–water partition coefficient (Wildman–Crippen LogP) is 5.56. The van der Waals surface area contributed by atoms with Gasteiger partial charge in [0, 0.05) is 56.0 Å². The van der Waals surface area contributed by atoms with Crippen molar-refractivity contribution in [3.05, 3.63) is 59.8 Å². The second kappa shape index (κ2) is 12.4. The van der Waals surface area contributed by atoms with Gasteiger partial charge in [0.2, 0.25) is 5.95 Å². The summed E-state index contributed by atoms with van der Waals surface area (Å²) in [6.07, 6.45) is 6.92. The van der Waals surface area contributed by atoms with E-state index in [1.165, 1.54) is 49.2 Å². The summed E-state index contributed by atoms with van der Waals surface area (Å²) in [6, 6.07) is 14.9. The van der Waals surface area contributed by atoms with E-state index < -0.39 is 0 Å². The van der Waals surface area contributed by atoms with Gasteiger partial charge in [0.1, 0.15) is 0 Å². The number of rotatable bonds is 9. The van der Waals surface area contributed by atoms with Crippen molar-refractivity contribution in [3.8, 4) is 0 Å². The van der Waals surface area contributed by atoms with E-state index in [4.69, 9.17) is 15.1 Å². The van der Waals surface area contributed by atoms with Crippen molar-refractivity contribution < 1.29 is 0 Å². The summed E-state index contributed by atoms with van der Waals surface area (Å²) >= 11 is 0. The fourth-order valence-corrected chi connectivity index (χ4v) is 5.97. The number of fused-ring (bicyclic) bond motifs is 1. The van der Waals surface area contributed by atoms with Gasteiger partial charge >= 0.3 is 0 Å². The minimum atomic E-state index is 0.584. The van der Waals surface area contributed by atoms with Gasteiger partial charge in [-0.25, -0.2) is 9.67 Å². The standard InChI is InChI=1S/C32H43N9/c1-24-9-7-10-25(2)29(24)35-30-28-23-33-32(34-26-11-13-27(14-12-26)40-21-19-38(3)20-22-40)36-31(28)41(37-30)18-8-17-39-15-5-4-6-16-39/h7,9-14,23H,4-6,8,15-22H2,1-3H3,(H,35,37)(H,33,34,36). The lowest BCUT2D eigenvalue weighted by Crippen LogP contribution is -2.44. The molecule has 0 atom stereocenters. The maximum absolute atomic E-state index is 5.01. The van der Waals surface area contributed by atoms with Crippen LogP contribution in [0.1, 0.15) is 36.8 Å². The van der Waals surface area contributed by atoms with Crippen molar-refractivity contribution >= 4 is 39.9 Å². The SMILES string of the molecule is Cc1cccc(C)c1Nc1nn(CCCN2CCCCC2)c2nc(Nc3ccc(N4CCN(C)CC4)cc3)ncc12. The van der Waals surface area contributed by atoms with Crippen molar-refractivity contribution in [2.24, 2.45) is 0 Å². The third-order valence-corrected chi connectivity index (χ3v) is 8.50. The number of para-hydroxylation sites is 1. The van der Waals surface area contributed by atoms with Crippen LogP contribution in [0.2, 0.25) is 0 Å². The molecular formula is C32H43N9. The Hall–Kier alpha value is -3.69.